The van der Waals surface area contributed by atoms with Crippen molar-refractivity contribution in [1.29, 1.82) is 0 Å². The van der Waals surface area contributed by atoms with Gasteiger partial charge in [0.25, 0.3) is 0 Å². The van der Waals surface area contributed by atoms with Gasteiger partial charge in [-0.2, -0.15) is 0 Å². The van der Waals surface area contributed by atoms with Gasteiger partial charge >= 0.3 is 0 Å². The predicted molar refractivity (Wildman–Crippen MR) is 45.9 cm³/mol. The van der Waals surface area contributed by atoms with Crippen LogP contribution in [0.2, 0.25) is 0 Å². The Morgan fingerprint density at radius 1 is 1.45 bits per heavy atom. The van der Waals surface area contributed by atoms with E-state index in [-0.39, 0.29) is 23.8 Å². The molecule has 1 atom stereocenters. The summed E-state index contributed by atoms with van der Waals surface area (Å²) < 4.78 is 0. The van der Waals surface area contributed by atoms with Crippen LogP contribution in [-0.2, 0) is 4.79 Å². The lowest BCUT2D eigenvalue weighted by Gasteiger charge is -2.21. The summed E-state index contributed by atoms with van der Waals surface area (Å²) in [6, 6.07) is -0.0903. The Hall–Kier alpha value is -0.570. The molecule has 0 rings (SSSR count). The average Bonchev–Trinajstić information content (AvgIpc) is 1.53. The van der Waals surface area contributed by atoms with Crippen molar-refractivity contribution in [1.82, 2.24) is 0 Å². The molecule has 3 nitrogen and oxygen atoms in total. The van der Waals surface area contributed by atoms with Gasteiger partial charge in [0.2, 0.25) is 5.91 Å². The largest absolute Gasteiger partial charge is 0.370 e. The summed E-state index contributed by atoms with van der Waals surface area (Å²) in [5.41, 5.74) is 10.8. The number of nitrogens with two attached hydrogens (primary N) is 2. The Bertz CT molecular complexity index is 138. The van der Waals surface area contributed by atoms with Gasteiger partial charge in [0, 0.05) is 12.5 Å². The zero-order valence-corrected chi connectivity index (χ0v) is 7.55. The van der Waals surface area contributed by atoms with E-state index in [0.29, 0.717) is 0 Å². The maximum atomic E-state index is 10.4. The second kappa shape index (κ2) is 3.72. The van der Waals surface area contributed by atoms with Gasteiger partial charge in [0.05, 0.1) is 0 Å². The van der Waals surface area contributed by atoms with Crippen LogP contribution < -0.4 is 11.5 Å². The summed E-state index contributed by atoms with van der Waals surface area (Å²) in [5, 5.41) is 0. The van der Waals surface area contributed by atoms with Crippen LogP contribution in [-0.4, -0.2) is 11.9 Å². The van der Waals surface area contributed by atoms with Crippen LogP contribution in [0.3, 0.4) is 0 Å². The molecule has 0 aromatic rings. The summed E-state index contributed by atoms with van der Waals surface area (Å²) in [4.78, 5) is 10.4. The van der Waals surface area contributed by atoms with E-state index in [9.17, 15) is 4.79 Å². The molecule has 0 radical (unpaired) electrons. The first-order chi connectivity index (χ1) is 4.81. The fourth-order valence-electron chi connectivity index (χ4n) is 1.12. The normalized spacial score (nSPS) is 14.5. The molecule has 0 saturated carbocycles. The molecule has 0 fully saturated rings. The van der Waals surface area contributed by atoms with Crippen molar-refractivity contribution in [3.05, 3.63) is 0 Å². The first-order valence-corrected chi connectivity index (χ1v) is 3.85. The molecule has 0 spiro atoms. The summed E-state index contributed by atoms with van der Waals surface area (Å²) in [5.74, 6) is -0.318. The zero-order chi connectivity index (χ0) is 9.07. The first kappa shape index (κ1) is 10.4. The molecule has 4 N–H and O–H groups in total. The van der Waals surface area contributed by atoms with Crippen LogP contribution in [0.4, 0.5) is 0 Å². The van der Waals surface area contributed by atoms with Crippen LogP contribution in [0, 0.1) is 5.41 Å². The van der Waals surface area contributed by atoms with Crippen molar-refractivity contribution in [2.75, 3.05) is 0 Å². The van der Waals surface area contributed by atoms with Crippen molar-refractivity contribution in [2.45, 2.75) is 39.7 Å². The molecular formula is C8H18N2O. The van der Waals surface area contributed by atoms with Crippen LogP contribution in [0.5, 0.6) is 0 Å². The van der Waals surface area contributed by atoms with Crippen molar-refractivity contribution in [3.63, 3.8) is 0 Å². The van der Waals surface area contributed by atoms with Gasteiger partial charge in [0.15, 0.2) is 0 Å². The summed E-state index contributed by atoms with van der Waals surface area (Å²) in [7, 11) is 0. The highest BCUT2D eigenvalue weighted by Crippen LogP contribution is 2.20. The lowest BCUT2D eigenvalue weighted by atomic mass is 9.87. The monoisotopic (exact) mass is 158 g/mol. The fraction of sp³-hybridized carbons (Fsp3) is 0.875. The fourth-order valence-corrected chi connectivity index (χ4v) is 1.12. The highest BCUT2D eigenvalue weighted by Gasteiger charge is 2.16. The Kier molecular flexibility index (Phi) is 3.52. The van der Waals surface area contributed by atoms with Gasteiger partial charge < -0.3 is 11.5 Å². The van der Waals surface area contributed by atoms with E-state index >= 15 is 0 Å². The van der Waals surface area contributed by atoms with Crippen LogP contribution in [0.25, 0.3) is 0 Å². The Morgan fingerprint density at radius 3 is 2.18 bits per heavy atom. The molecular weight excluding hydrogens is 140 g/mol. The minimum absolute atomic E-state index is 0.0903. The number of carbonyl (C=O) groups is 1. The lowest BCUT2D eigenvalue weighted by molar-refractivity contribution is -0.118. The first-order valence-electron chi connectivity index (χ1n) is 3.85. The average molecular weight is 158 g/mol. The number of hydrogen-bond acceptors (Lipinski definition) is 2. The van der Waals surface area contributed by atoms with Crippen molar-refractivity contribution in [2.24, 2.45) is 16.9 Å². The van der Waals surface area contributed by atoms with Crippen molar-refractivity contribution >= 4 is 5.91 Å². The molecule has 0 unspecified atom stereocenters. The van der Waals surface area contributed by atoms with Crippen LogP contribution >= 0.6 is 0 Å². The van der Waals surface area contributed by atoms with Gasteiger partial charge in [-0.3, -0.25) is 4.79 Å². The van der Waals surface area contributed by atoms with E-state index in [1.807, 2.05) is 0 Å². The summed E-state index contributed by atoms with van der Waals surface area (Å²) in [6.07, 6.45) is 1.12. The molecule has 11 heavy (non-hydrogen) atoms. The van der Waals surface area contributed by atoms with Gasteiger partial charge in [-0.05, 0) is 11.8 Å². The number of primary amides is 1. The van der Waals surface area contributed by atoms with E-state index in [1.165, 1.54) is 0 Å². The zero-order valence-electron chi connectivity index (χ0n) is 7.55. The Labute approximate surface area is 68.1 Å². The molecule has 0 saturated heterocycles. The number of amides is 1. The molecule has 66 valence electrons. The van der Waals surface area contributed by atoms with E-state index in [4.69, 9.17) is 11.5 Å². The van der Waals surface area contributed by atoms with Gasteiger partial charge in [-0.15, -0.1) is 0 Å². The molecule has 1 amide bonds. The standard InChI is InChI=1S/C8H18N2O/c1-8(2,3)5-6(9)4-7(10)11/h6H,4-5,9H2,1-3H3,(H2,10,11)/t6-/m0/s1. The summed E-state index contributed by atoms with van der Waals surface area (Å²) >= 11 is 0. The third kappa shape index (κ3) is 7.33. The molecule has 0 aromatic heterocycles. The second-order valence-corrected chi connectivity index (χ2v) is 4.20. The maximum Gasteiger partial charge on any atom is 0.218 e. The predicted octanol–water partition coefficient (Wildman–Crippen LogP) is 0.625. The summed E-state index contributed by atoms with van der Waals surface area (Å²) in [6.45, 7) is 6.27. The van der Waals surface area contributed by atoms with E-state index < -0.39 is 0 Å². The quantitative estimate of drug-likeness (QED) is 0.632. The maximum absolute atomic E-state index is 10.4. The minimum atomic E-state index is -0.318. The highest BCUT2D eigenvalue weighted by atomic mass is 16.1. The SMILES string of the molecule is CC(C)(C)C[C@@H](N)CC(N)=O. The third-order valence-corrected chi connectivity index (χ3v) is 1.34. The number of carbonyl (C=O) groups excluding carboxylic acids is 1. The minimum Gasteiger partial charge on any atom is -0.370 e. The number of hydrogen-bond donors (Lipinski definition) is 2. The second-order valence-electron chi connectivity index (χ2n) is 4.20. The molecule has 0 heterocycles. The molecule has 3 heteroatoms. The van der Waals surface area contributed by atoms with Gasteiger partial charge in [0.1, 0.15) is 0 Å². The molecule has 0 aliphatic rings. The van der Waals surface area contributed by atoms with E-state index in [2.05, 4.69) is 20.8 Å². The van der Waals surface area contributed by atoms with Crippen LogP contribution in [0.1, 0.15) is 33.6 Å². The molecule has 0 bridgehead atoms. The van der Waals surface area contributed by atoms with Crippen LogP contribution in [0.15, 0.2) is 0 Å². The molecule has 0 aliphatic heterocycles. The smallest absolute Gasteiger partial charge is 0.218 e. The van der Waals surface area contributed by atoms with Gasteiger partial charge in [-0.25, -0.2) is 0 Å². The topological polar surface area (TPSA) is 69.1 Å². The van der Waals surface area contributed by atoms with E-state index in [1.54, 1.807) is 0 Å². The Balaban J connectivity index is 3.69. The highest BCUT2D eigenvalue weighted by molar-refractivity contribution is 5.74. The lowest BCUT2D eigenvalue weighted by Crippen LogP contribution is -2.31. The van der Waals surface area contributed by atoms with Crippen molar-refractivity contribution < 1.29 is 4.79 Å². The van der Waals surface area contributed by atoms with Crippen molar-refractivity contribution in [3.8, 4) is 0 Å². The molecule has 0 aromatic carbocycles. The van der Waals surface area contributed by atoms with Gasteiger partial charge in [-0.1, -0.05) is 20.8 Å². The third-order valence-electron chi connectivity index (χ3n) is 1.34. The Morgan fingerprint density at radius 2 is 1.91 bits per heavy atom. The molecule has 0 aliphatic carbocycles. The number of rotatable bonds is 3. The van der Waals surface area contributed by atoms with E-state index in [0.717, 1.165) is 6.42 Å².